The molecule has 0 spiro atoms. The van der Waals surface area contributed by atoms with Crippen molar-refractivity contribution in [2.24, 2.45) is 5.92 Å². The zero-order valence-corrected chi connectivity index (χ0v) is 11.9. The first-order chi connectivity index (χ1) is 8.45. The van der Waals surface area contributed by atoms with Gasteiger partial charge in [-0.2, -0.15) is 0 Å². The predicted molar refractivity (Wildman–Crippen MR) is 69.9 cm³/mol. The summed E-state index contributed by atoms with van der Waals surface area (Å²) < 4.78 is 22.8. The fourth-order valence-corrected chi connectivity index (χ4v) is 4.27. The Hall–Kier alpha value is -0.620. The van der Waals surface area contributed by atoms with Crippen LogP contribution in [0.25, 0.3) is 0 Å². The largest absolute Gasteiger partial charge is 0.395 e. The van der Waals surface area contributed by atoms with Crippen LogP contribution in [0.15, 0.2) is 0 Å². The van der Waals surface area contributed by atoms with Crippen molar-refractivity contribution in [3.8, 4) is 0 Å². The fourth-order valence-electron chi connectivity index (χ4n) is 2.53. The summed E-state index contributed by atoms with van der Waals surface area (Å²) in [7, 11) is -3.04. The molecule has 0 radical (unpaired) electrons. The molecule has 1 atom stereocenters. The molecule has 5 nitrogen and oxygen atoms in total. The van der Waals surface area contributed by atoms with Crippen LogP contribution in [0, 0.1) is 5.92 Å². The minimum atomic E-state index is -3.04. The lowest BCUT2D eigenvalue weighted by Gasteiger charge is -2.32. The predicted octanol–water partition coefficient (Wildman–Crippen LogP) is 0.431. The van der Waals surface area contributed by atoms with E-state index in [0.717, 1.165) is 12.8 Å². The van der Waals surface area contributed by atoms with Gasteiger partial charge >= 0.3 is 0 Å². The zero-order valence-electron chi connectivity index (χ0n) is 11.1. The highest BCUT2D eigenvalue weighted by Gasteiger charge is 2.36. The van der Waals surface area contributed by atoms with Gasteiger partial charge in [0.1, 0.15) is 0 Å². The molecule has 0 aliphatic carbocycles. The number of sulfone groups is 1. The summed E-state index contributed by atoms with van der Waals surface area (Å²) in [5, 5.41) is 9.06. The van der Waals surface area contributed by atoms with E-state index in [2.05, 4.69) is 0 Å². The summed E-state index contributed by atoms with van der Waals surface area (Å²) in [5.74, 6) is -0.450. The molecule has 1 N–H and O–H groups in total. The van der Waals surface area contributed by atoms with E-state index < -0.39 is 15.8 Å². The van der Waals surface area contributed by atoms with Crippen molar-refractivity contribution in [1.29, 1.82) is 0 Å². The van der Waals surface area contributed by atoms with Crippen molar-refractivity contribution in [2.75, 3.05) is 24.7 Å². The molecule has 0 aromatic carbocycles. The van der Waals surface area contributed by atoms with Crippen molar-refractivity contribution < 1.29 is 18.3 Å². The second-order valence-electron chi connectivity index (χ2n) is 4.83. The standard InChI is InChI=1S/C12H23NO4S/c1-3-11(4-2)13(6-7-14)12(15)10-5-8-18(16,17)9-10/h10-11,14H,3-9H2,1-2H3. The second kappa shape index (κ2) is 6.52. The number of aliphatic hydroxyl groups excluding tert-OH is 1. The topological polar surface area (TPSA) is 74.7 Å². The molecule has 1 unspecified atom stereocenters. The molecule has 1 rings (SSSR count). The third-order valence-electron chi connectivity index (χ3n) is 3.59. The first-order valence-corrected chi connectivity index (χ1v) is 8.39. The van der Waals surface area contributed by atoms with Crippen molar-refractivity contribution in [3.05, 3.63) is 0 Å². The maximum atomic E-state index is 12.3. The normalized spacial score (nSPS) is 22.3. The second-order valence-corrected chi connectivity index (χ2v) is 7.05. The number of nitrogens with zero attached hydrogens (tertiary/aromatic N) is 1. The Balaban J connectivity index is 2.77. The smallest absolute Gasteiger partial charge is 0.227 e. The lowest BCUT2D eigenvalue weighted by atomic mass is 10.0. The molecular formula is C12H23NO4S. The highest BCUT2D eigenvalue weighted by atomic mass is 32.2. The van der Waals surface area contributed by atoms with Crippen LogP contribution < -0.4 is 0 Å². The lowest BCUT2D eigenvalue weighted by Crippen LogP contribution is -2.45. The average molecular weight is 277 g/mol. The van der Waals surface area contributed by atoms with E-state index in [1.165, 1.54) is 0 Å². The molecule has 1 saturated heterocycles. The molecule has 0 bridgehead atoms. The molecule has 0 saturated carbocycles. The number of carbonyl (C=O) groups excluding carboxylic acids is 1. The van der Waals surface area contributed by atoms with Crippen molar-refractivity contribution >= 4 is 15.7 Å². The number of hydrogen-bond acceptors (Lipinski definition) is 4. The first kappa shape index (κ1) is 15.4. The van der Waals surface area contributed by atoms with Crippen LogP contribution in [-0.2, 0) is 14.6 Å². The van der Waals surface area contributed by atoms with Gasteiger partial charge in [0.2, 0.25) is 5.91 Å². The number of carbonyl (C=O) groups is 1. The minimum absolute atomic E-state index is 0.0338. The van der Waals surface area contributed by atoms with Gasteiger partial charge < -0.3 is 10.0 Å². The van der Waals surface area contributed by atoms with E-state index in [1.807, 2.05) is 13.8 Å². The monoisotopic (exact) mass is 277 g/mol. The molecule has 0 aromatic heterocycles. The zero-order chi connectivity index (χ0) is 13.8. The van der Waals surface area contributed by atoms with Gasteiger partial charge in [-0.15, -0.1) is 0 Å². The maximum Gasteiger partial charge on any atom is 0.227 e. The van der Waals surface area contributed by atoms with Crippen molar-refractivity contribution in [1.82, 2.24) is 4.90 Å². The number of rotatable bonds is 6. The van der Waals surface area contributed by atoms with E-state index in [0.29, 0.717) is 13.0 Å². The summed E-state index contributed by atoms with van der Waals surface area (Å²) in [6, 6.07) is 0.0907. The molecule has 1 heterocycles. The summed E-state index contributed by atoms with van der Waals surface area (Å²) in [5.41, 5.74) is 0. The Bertz CT molecular complexity index is 376. The number of hydrogen-bond donors (Lipinski definition) is 1. The molecule has 0 aromatic rings. The summed E-state index contributed by atoms with van der Waals surface area (Å²) in [4.78, 5) is 14.0. The summed E-state index contributed by atoms with van der Waals surface area (Å²) in [6.45, 7) is 4.21. The SMILES string of the molecule is CCC(CC)N(CCO)C(=O)C1CCS(=O)(=O)C1. The van der Waals surface area contributed by atoms with Crippen LogP contribution in [-0.4, -0.2) is 55.0 Å². The van der Waals surface area contributed by atoms with Gasteiger partial charge in [0.15, 0.2) is 9.84 Å². The summed E-state index contributed by atoms with van der Waals surface area (Å²) >= 11 is 0. The van der Waals surface area contributed by atoms with Crippen LogP contribution in [0.3, 0.4) is 0 Å². The third kappa shape index (κ3) is 3.68. The number of amides is 1. The van der Waals surface area contributed by atoms with E-state index in [4.69, 9.17) is 5.11 Å². The Morgan fingerprint density at radius 2 is 2.00 bits per heavy atom. The van der Waals surface area contributed by atoms with Crippen LogP contribution in [0.2, 0.25) is 0 Å². The highest BCUT2D eigenvalue weighted by Crippen LogP contribution is 2.22. The molecule has 1 amide bonds. The van der Waals surface area contributed by atoms with Gasteiger partial charge in [-0.1, -0.05) is 13.8 Å². The Morgan fingerprint density at radius 1 is 1.39 bits per heavy atom. The molecule has 18 heavy (non-hydrogen) atoms. The van der Waals surface area contributed by atoms with Gasteiger partial charge in [0.25, 0.3) is 0 Å². The number of aliphatic hydroxyl groups is 1. The van der Waals surface area contributed by atoms with Crippen molar-refractivity contribution in [3.63, 3.8) is 0 Å². The fraction of sp³-hybridized carbons (Fsp3) is 0.917. The Kier molecular flexibility index (Phi) is 5.59. The minimum Gasteiger partial charge on any atom is -0.395 e. The van der Waals surface area contributed by atoms with Crippen LogP contribution in [0.5, 0.6) is 0 Å². The van der Waals surface area contributed by atoms with Gasteiger partial charge in [-0.3, -0.25) is 4.79 Å². The van der Waals surface area contributed by atoms with Crippen LogP contribution in [0.1, 0.15) is 33.1 Å². The average Bonchev–Trinajstić information content (AvgIpc) is 2.69. The highest BCUT2D eigenvalue weighted by molar-refractivity contribution is 7.91. The van der Waals surface area contributed by atoms with Crippen molar-refractivity contribution in [2.45, 2.75) is 39.2 Å². The first-order valence-electron chi connectivity index (χ1n) is 6.56. The molecule has 1 aliphatic rings. The molecule has 106 valence electrons. The maximum absolute atomic E-state index is 12.3. The van der Waals surface area contributed by atoms with E-state index in [9.17, 15) is 13.2 Å². The molecule has 1 aliphatic heterocycles. The third-order valence-corrected chi connectivity index (χ3v) is 5.36. The molecular weight excluding hydrogens is 254 g/mol. The van der Waals surface area contributed by atoms with Crippen LogP contribution in [0.4, 0.5) is 0 Å². The molecule has 6 heteroatoms. The van der Waals surface area contributed by atoms with Gasteiger partial charge in [0.05, 0.1) is 24.0 Å². The van der Waals surface area contributed by atoms with Crippen LogP contribution >= 0.6 is 0 Å². The quantitative estimate of drug-likeness (QED) is 0.764. The van der Waals surface area contributed by atoms with Gasteiger partial charge in [-0.05, 0) is 19.3 Å². The van der Waals surface area contributed by atoms with Gasteiger partial charge in [0, 0.05) is 12.6 Å². The van der Waals surface area contributed by atoms with E-state index in [1.54, 1.807) is 4.90 Å². The molecule has 1 fully saturated rings. The van der Waals surface area contributed by atoms with E-state index >= 15 is 0 Å². The Labute approximate surface area is 109 Å². The van der Waals surface area contributed by atoms with Gasteiger partial charge in [-0.25, -0.2) is 8.42 Å². The summed E-state index contributed by atoms with van der Waals surface area (Å²) in [6.07, 6.45) is 2.06. The van der Waals surface area contributed by atoms with E-state index in [-0.39, 0.29) is 30.1 Å². The lowest BCUT2D eigenvalue weighted by molar-refractivity contribution is -0.137. The Morgan fingerprint density at radius 3 is 2.39 bits per heavy atom.